The van der Waals surface area contributed by atoms with Crippen molar-refractivity contribution in [1.29, 1.82) is 5.26 Å². The number of ether oxygens (including phenoxy) is 1. The van der Waals surface area contributed by atoms with Crippen LogP contribution in [0.5, 0.6) is 0 Å². The zero-order valence-electron chi connectivity index (χ0n) is 9.58. The van der Waals surface area contributed by atoms with Crippen molar-refractivity contribution in [2.24, 2.45) is 0 Å². The highest BCUT2D eigenvalue weighted by Gasteiger charge is 2.09. The average molecular weight is 212 g/mol. The Labute approximate surface area is 91.6 Å². The van der Waals surface area contributed by atoms with Gasteiger partial charge in [0.2, 0.25) is 5.91 Å². The van der Waals surface area contributed by atoms with Gasteiger partial charge in [0.25, 0.3) is 0 Å². The van der Waals surface area contributed by atoms with Crippen molar-refractivity contribution in [1.82, 2.24) is 5.32 Å². The largest absolute Gasteiger partial charge is 0.382 e. The Morgan fingerprint density at radius 2 is 2.27 bits per heavy atom. The summed E-state index contributed by atoms with van der Waals surface area (Å²) in [5.41, 5.74) is 0. The molecule has 4 nitrogen and oxygen atoms in total. The summed E-state index contributed by atoms with van der Waals surface area (Å²) in [4.78, 5) is 11.3. The summed E-state index contributed by atoms with van der Waals surface area (Å²) in [5.74, 6) is -0.0605. The minimum atomic E-state index is -0.338. The summed E-state index contributed by atoms with van der Waals surface area (Å²) < 4.78 is 5.12. The Kier molecular flexibility index (Phi) is 8.79. The van der Waals surface area contributed by atoms with Gasteiger partial charge in [0.05, 0.1) is 6.07 Å². The van der Waals surface area contributed by atoms with Crippen LogP contribution < -0.4 is 5.32 Å². The number of rotatable bonds is 8. The van der Waals surface area contributed by atoms with Gasteiger partial charge in [0.15, 0.2) is 0 Å². The second kappa shape index (κ2) is 9.47. The van der Waals surface area contributed by atoms with Gasteiger partial charge in [0.1, 0.15) is 6.04 Å². The molecule has 1 N–H and O–H groups in total. The van der Waals surface area contributed by atoms with Gasteiger partial charge >= 0.3 is 0 Å². The van der Waals surface area contributed by atoms with Crippen molar-refractivity contribution in [3.63, 3.8) is 0 Å². The monoisotopic (exact) mass is 212 g/mol. The van der Waals surface area contributed by atoms with E-state index in [-0.39, 0.29) is 11.9 Å². The fourth-order valence-electron chi connectivity index (χ4n) is 1.20. The Morgan fingerprint density at radius 1 is 1.53 bits per heavy atom. The van der Waals surface area contributed by atoms with Crippen LogP contribution in [0.1, 0.15) is 39.5 Å². The molecule has 86 valence electrons. The van der Waals surface area contributed by atoms with Crippen LogP contribution in [0.2, 0.25) is 0 Å². The fraction of sp³-hybridized carbons (Fsp3) is 0.818. The highest BCUT2D eigenvalue weighted by atomic mass is 16.5. The highest BCUT2D eigenvalue weighted by molar-refractivity contribution is 5.76. The van der Waals surface area contributed by atoms with E-state index in [4.69, 9.17) is 10.00 Å². The first-order valence-corrected chi connectivity index (χ1v) is 5.51. The van der Waals surface area contributed by atoms with Crippen LogP contribution in [0, 0.1) is 11.3 Å². The molecule has 0 aliphatic carbocycles. The van der Waals surface area contributed by atoms with E-state index in [0.29, 0.717) is 32.5 Å². The smallest absolute Gasteiger partial charge is 0.221 e. The van der Waals surface area contributed by atoms with Gasteiger partial charge < -0.3 is 10.1 Å². The molecule has 4 heteroatoms. The maximum Gasteiger partial charge on any atom is 0.221 e. The van der Waals surface area contributed by atoms with Crippen LogP contribution >= 0.6 is 0 Å². The van der Waals surface area contributed by atoms with Crippen LogP contribution in [0.3, 0.4) is 0 Å². The molecule has 0 saturated carbocycles. The second-order valence-electron chi connectivity index (χ2n) is 3.34. The van der Waals surface area contributed by atoms with Crippen LogP contribution in [-0.4, -0.2) is 25.2 Å². The molecule has 0 aliphatic heterocycles. The molecule has 0 aromatic rings. The molecule has 0 unspecified atom stereocenters. The molecule has 0 rings (SSSR count). The van der Waals surface area contributed by atoms with Crippen molar-refractivity contribution in [2.75, 3.05) is 13.2 Å². The number of nitrogens with zero attached hydrogens (tertiary/aromatic N) is 1. The van der Waals surface area contributed by atoms with E-state index in [9.17, 15) is 4.79 Å². The molecule has 0 radical (unpaired) electrons. The first-order chi connectivity index (χ1) is 7.24. The molecule has 0 aromatic heterocycles. The van der Waals surface area contributed by atoms with Crippen molar-refractivity contribution in [3.05, 3.63) is 0 Å². The molecule has 0 aliphatic rings. The topological polar surface area (TPSA) is 62.1 Å². The maximum atomic E-state index is 11.3. The molecular weight excluding hydrogens is 192 g/mol. The van der Waals surface area contributed by atoms with Crippen molar-refractivity contribution >= 4 is 5.91 Å². The average Bonchev–Trinajstić information content (AvgIpc) is 2.24. The number of nitriles is 1. The number of nitrogens with one attached hydrogen (secondary N) is 1. The normalized spacial score (nSPS) is 11.8. The zero-order valence-corrected chi connectivity index (χ0v) is 9.58. The van der Waals surface area contributed by atoms with E-state index in [1.165, 1.54) is 0 Å². The number of carbonyl (C=O) groups is 1. The molecule has 0 bridgehead atoms. The summed E-state index contributed by atoms with van der Waals surface area (Å²) in [6, 6.07) is 1.73. The van der Waals surface area contributed by atoms with Gasteiger partial charge in [0, 0.05) is 19.6 Å². The Hall–Kier alpha value is -1.08. The van der Waals surface area contributed by atoms with E-state index >= 15 is 0 Å². The second-order valence-corrected chi connectivity index (χ2v) is 3.34. The molecule has 0 heterocycles. The van der Waals surface area contributed by atoms with E-state index in [0.717, 1.165) is 6.42 Å². The SMILES string of the molecule is CCC[C@@H](C#N)NC(=O)CCCOCC. The lowest BCUT2D eigenvalue weighted by atomic mass is 10.2. The summed E-state index contributed by atoms with van der Waals surface area (Å²) in [7, 11) is 0. The van der Waals surface area contributed by atoms with E-state index in [2.05, 4.69) is 11.4 Å². The van der Waals surface area contributed by atoms with Crippen LogP contribution in [0.15, 0.2) is 0 Å². The molecule has 0 spiro atoms. The third-order valence-electron chi connectivity index (χ3n) is 1.97. The maximum absolute atomic E-state index is 11.3. The Morgan fingerprint density at radius 3 is 2.80 bits per heavy atom. The number of hydrogen-bond acceptors (Lipinski definition) is 3. The number of amides is 1. The van der Waals surface area contributed by atoms with Crippen molar-refractivity contribution in [3.8, 4) is 6.07 Å². The molecule has 0 saturated heterocycles. The standard InChI is InChI=1S/C11H20N2O2/c1-3-6-10(9-12)13-11(14)7-5-8-15-4-2/h10H,3-8H2,1-2H3,(H,13,14)/t10-/m0/s1. The summed E-state index contributed by atoms with van der Waals surface area (Å²) in [6.07, 6.45) is 2.76. The summed E-state index contributed by atoms with van der Waals surface area (Å²) in [6.45, 7) is 5.20. The van der Waals surface area contributed by atoms with E-state index in [1.807, 2.05) is 13.8 Å². The predicted octanol–water partition coefficient (Wildman–Crippen LogP) is 1.61. The first kappa shape index (κ1) is 13.9. The number of carbonyl (C=O) groups excluding carboxylic acids is 1. The third kappa shape index (κ3) is 7.95. The minimum absolute atomic E-state index is 0.0605. The number of hydrogen-bond donors (Lipinski definition) is 1. The van der Waals surface area contributed by atoms with Gasteiger partial charge in [-0.15, -0.1) is 0 Å². The molecular formula is C11H20N2O2. The lowest BCUT2D eigenvalue weighted by Gasteiger charge is -2.10. The third-order valence-corrected chi connectivity index (χ3v) is 1.97. The Balaban J connectivity index is 3.58. The van der Waals surface area contributed by atoms with E-state index < -0.39 is 0 Å². The zero-order chi connectivity index (χ0) is 11.5. The summed E-state index contributed by atoms with van der Waals surface area (Å²) >= 11 is 0. The van der Waals surface area contributed by atoms with Gasteiger partial charge in [-0.25, -0.2) is 0 Å². The lowest BCUT2D eigenvalue weighted by molar-refractivity contribution is -0.121. The predicted molar refractivity (Wildman–Crippen MR) is 58.2 cm³/mol. The Bertz CT molecular complexity index is 211. The van der Waals surface area contributed by atoms with Gasteiger partial charge in [-0.2, -0.15) is 5.26 Å². The van der Waals surface area contributed by atoms with Crippen LogP contribution in [0.4, 0.5) is 0 Å². The minimum Gasteiger partial charge on any atom is -0.382 e. The van der Waals surface area contributed by atoms with Crippen LogP contribution in [0.25, 0.3) is 0 Å². The van der Waals surface area contributed by atoms with Gasteiger partial charge in [-0.05, 0) is 19.8 Å². The quantitative estimate of drug-likeness (QED) is 0.622. The van der Waals surface area contributed by atoms with Crippen molar-refractivity contribution in [2.45, 2.75) is 45.6 Å². The molecule has 1 amide bonds. The molecule has 1 atom stereocenters. The molecule has 15 heavy (non-hydrogen) atoms. The van der Waals surface area contributed by atoms with Crippen LogP contribution in [-0.2, 0) is 9.53 Å². The van der Waals surface area contributed by atoms with Crippen molar-refractivity contribution < 1.29 is 9.53 Å². The van der Waals surface area contributed by atoms with Gasteiger partial charge in [-0.1, -0.05) is 13.3 Å². The van der Waals surface area contributed by atoms with E-state index in [1.54, 1.807) is 0 Å². The highest BCUT2D eigenvalue weighted by Crippen LogP contribution is 1.97. The summed E-state index contributed by atoms with van der Waals surface area (Å²) in [5, 5.41) is 11.4. The lowest BCUT2D eigenvalue weighted by Crippen LogP contribution is -2.33. The fourth-order valence-corrected chi connectivity index (χ4v) is 1.20. The molecule has 0 aromatic carbocycles. The first-order valence-electron chi connectivity index (χ1n) is 5.51. The van der Waals surface area contributed by atoms with Gasteiger partial charge in [-0.3, -0.25) is 4.79 Å². The molecule has 0 fully saturated rings.